The smallest absolute Gasteiger partial charge is 0.306 e. The Balaban J connectivity index is 0.836. The van der Waals surface area contributed by atoms with E-state index in [-0.39, 0.29) is 47.9 Å². The Morgan fingerprint density at radius 2 is 1.15 bits per heavy atom. The second kappa shape index (κ2) is 27.7. The summed E-state index contributed by atoms with van der Waals surface area (Å²) in [5, 5.41) is 170. The Bertz CT molecular complexity index is 2240. The number of carbonyl (C=O) groups is 2. The highest BCUT2D eigenvalue weighted by Crippen LogP contribution is 2.67. The fourth-order valence-electron chi connectivity index (χ4n) is 15.2. The summed E-state index contributed by atoms with van der Waals surface area (Å²) < 4.78 is 64.9. The Labute approximate surface area is 490 Å². The maximum Gasteiger partial charge on any atom is 0.306 e. The van der Waals surface area contributed by atoms with Crippen molar-refractivity contribution in [2.24, 2.45) is 40.4 Å². The van der Waals surface area contributed by atoms with Crippen molar-refractivity contribution >= 4 is 11.8 Å². The van der Waals surface area contributed by atoms with Crippen LogP contribution in [0, 0.1) is 40.4 Å². The number of aliphatic hydroxyl groups is 16. The van der Waals surface area contributed by atoms with Crippen molar-refractivity contribution in [1.82, 2.24) is 0 Å². The number of hydrogen-bond donors (Lipinski definition) is 16. The predicted molar refractivity (Wildman–Crippen MR) is 280 cm³/mol. The Kier molecular flexibility index (Phi) is 21.9. The number of esters is 1. The van der Waals surface area contributed by atoms with E-state index in [1.807, 2.05) is 6.92 Å². The second-order valence-electron chi connectivity index (χ2n) is 25.5. The molecule has 0 amide bonds. The van der Waals surface area contributed by atoms with Gasteiger partial charge in [0.2, 0.25) is 0 Å². The van der Waals surface area contributed by atoms with E-state index in [0.717, 1.165) is 18.4 Å². The van der Waals surface area contributed by atoms with E-state index >= 15 is 0 Å². The largest absolute Gasteiger partial charge is 0.462 e. The van der Waals surface area contributed by atoms with Crippen LogP contribution in [0.4, 0.5) is 0 Å². The molecule has 5 saturated heterocycles. The lowest BCUT2D eigenvalue weighted by molar-refractivity contribution is -0.403. The molecule has 0 aromatic heterocycles. The zero-order valence-corrected chi connectivity index (χ0v) is 48.0. The minimum atomic E-state index is -2.04. The number of carbonyl (C=O) groups excluding carboxylic acids is 2. The fourth-order valence-corrected chi connectivity index (χ4v) is 15.2. The average molecular weight is 1230 g/mol. The summed E-state index contributed by atoms with van der Waals surface area (Å²) >= 11 is 0. The van der Waals surface area contributed by atoms with E-state index < -0.39 is 210 Å². The normalized spacial score (nSPS) is 50.5. The summed E-state index contributed by atoms with van der Waals surface area (Å²) in [6.07, 6.45) is -35.4. The fraction of sp³-hybridized carbons (Fsp3) is 0.929. The van der Waals surface area contributed by atoms with Gasteiger partial charge in [-0.1, -0.05) is 32.4 Å². The van der Waals surface area contributed by atoms with Crippen LogP contribution in [0.1, 0.15) is 85.5 Å². The number of aliphatic hydroxyl groups excluding tert-OH is 16. The van der Waals surface area contributed by atoms with Gasteiger partial charge in [0, 0.05) is 6.42 Å². The minimum Gasteiger partial charge on any atom is -0.462 e. The third-order valence-corrected chi connectivity index (χ3v) is 20.1. The molecule has 9 rings (SSSR count). The van der Waals surface area contributed by atoms with Gasteiger partial charge in [0.05, 0.1) is 51.7 Å². The lowest BCUT2D eigenvalue weighted by Crippen LogP contribution is -2.68. The number of ether oxygens (including phenoxy) is 11. The summed E-state index contributed by atoms with van der Waals surface area (Å²) in [6.45, 7) is 3.99. The predicted octanol–water partition coefficient (Wildman–Crippen LogP) is -5.79. The second-order valence-corrected chi connectivity index (χ2v) is 25.5. The van der Waals surface area contributed by atoms with Crippen molar-refractivity contribution in [1.29, 1.82) is 0 Å². The molecule has 29 nitrogen and oxygen atoms in total. The lowest BCUT2D eigenvalue weighted by atomic mass is 9.47. The van der Waals surface area contributed by atoms with Crippen molar-refractivity contribution in [3.8, 4) is 0 Å². The highest BCUT2D eigenvalue weighted by atomic mass is 16.8. The zero-order chi connectivity index (χ0) is 61.7. The summed E-state index contributed by atoms with van der Waals surface area (Å²) in [4.78, 5) is 27.1. The molecule has 9 aliphatic rings. The summed E-state index contributed by atoms with van der Waals surface area (Å²) in [7, 11) is 0. The molecule has 0 spiro atoms. The van der Waals surface area contributed by atoms with E-state index in [0.29, 0.717) is 38.5 Å². The number of ketones is 1. The molecule has 0 radical (unpaired) electrons. The molecule has 488 valence electrons. The molecule has 33 atom stereocenters. The first-order valence-electron chi connectivity index (χ1n) is 29.8. The van der Waals surface area contributed by atoms with Crippen LogP contribution in [0.15, 0.2) is 11.6 Å². The van der Waals surface area contributed by atoms with Crippen LogP contribution in [0.2, 0.25) is 0 Å². The van der Waals surface area contributed by atoms with Gasteiger partial charge in [-0.05, 0) is 92.8 Å². The molecule has 16 N–H and O–H groups in total. The first-order valence-corrected chi connectivity index (χ1v) is 29.8. The minimum absolute atomic E-state index is 0.0275. The standard InChI is InChI=1S/C56H90O29/c1-21(19-75-50-44(72)40(68)37(65)30(15-57)79-50)5-8-34(63)78-29-14-27-25-7-6-23-13-24(9-11-55(23,3)26(25)10-12-56(27,4)35(29)22(2)61)77-52-46(74)42(70)47(33(18-60)82-52)83-54-49(85-53-45(73)41(69)38(66)31(16-58)80-53)48(39(67)32(17-59)81-54)84-51-43(71)36(64)28(62)20-76-51/h6,21,24-33,35-54,57-60,62,64-74H,5,7-20H2,1-4H3/t21-,24-,25+,26-,27-,28+,29-,30+,31+,32+,33+,35-,36?,37+,38+,39+,40-,41-,42+,43+,44+,45+,46+,47-,48-,49+,50+,51-,52+,53-,54-,55-,56-/m0/s1. The van der Waals surface area contributed by atoms with E-state index in [4.69, 9.17) is 52.1 Å². The van der Waals surface area contributed by atoms with E-state index in [1.165, 1.54) is 0 Å². The van der Waals surface area contributed by atoms with E-state index in [2.05, 4.69) is 19.9 Å². The first kappa shape index (κ1) is 67.2. The van der Waals surface area contributed by atoms with Crippen LogP contribution >= 0.6 is 0 Å². The maximum atomic E-state index is 13.5. The number of rotatable bonds is 20. The van der Waals surface area contributed by atoms with Gasteiger partial charge in [-0.3, -0.25) is 9.59 Å². The van der Waals surface area contributed by atoms with Gasteiger partial charge in [-0.15, -0.1) is 0 Å². The Hall–Kier alpha value is -2.16. The monoisotopic (exact) mass is 1230 g/mol. The van der Waals surface area contributed by atoms with Crippen LogP contribution in [0.25, 0.3) is 0 Å². The highest BCUT2D eigenvalue weighted by molar-refractivity contribution is 5.81. The topological polar surface area (TPSA) is 459 Å². The molecular weight excluding hydrogens is 1140 g/mol. The van der Waals surface area contributed by atoms with E-state index in [9.17, 15) is 91.3 Å². The van der Waals surface area contributed by atoms with Crippen LogP contribution in [0.5, 0.6) is 0 Å². The van der Waals surface area contributed by atoms with Crippen LogP contribution in [-0.4, -0.2) is 293 Å². The van der Waals surface area contributed by atoms with Crippen molar-refractivity contribution in [2.45, 2.75) is 245 Å². The van der Waals surface area contributed by atoms with Gasteiger partial charge in [-0.25, -0.2) is 0 Å². The molecule has 4 aliphatic carbocycles. The quantitative estimate of drug-likeness (QED) is 0.0399. The lowest BCUT2D eigenvalue weighted by Gasteiger charge is -2.58. The van der Waals surface area contributed by atoms with Gasteiger partial charge in [-0.2, -0.15) is 0 Å². The first-order chi connectivity index (χ1) is 40.3. The van der Waals surface area contributed by atoms with Crippen molar-refractivity contribution < 1.29 is 143 Å². The molecule has 85 heavy (non-hydrogen) atoms. The van der Waals surface area contributed by atoms with Crippen molar-refractivity contribution in [3.05, 3.63) is 11.6 Å². The van der Waals surface area contributed by atoms with E-state index in [1.54, 1.807) is 6.92 Å². The van der Waals surface area contributed by atoms with Gasteiger partial charge in [0.15, 0.2) is 31.5 Å². The average Bonchev–Trinajstić information content (AvgIpc) is 1.76. The number of Topliss-reactive ketones (excluding diaryl/α,β-unsaturated/α-hetero) is 1. The molecule has 0 aromatic rings. The highest BCUT2D eigenvalue weighted by Gasteiger charge is 2.64. The molecular formula is C56H90O29. The molecule has 3 saturated carbocycles. The molecule has 5 heterocycles. The summed E-state index contributed by atoms with van der Waals surface area (Å²) in [5.74, 6) is -0.812. The van der Waals surface area contributed by atoms with Crippen LogP contribution < -0.4 is 0 Å². The molecule has 1 unspecified atom stereocenters. The SMILES string of the molecule is CC(=O)[C@H]1[C@@H](OC(=O)CC[C@H](C)CO[C@@H]2O[C@H](CO)[C@@H](O)[C@H](O)[C@H]2O)C[C@H]2[C@@H]3CC=C4C[C@@H](O[C@@H]5O[C@H](CO)[C@H](O[C@@H]6O[C@H](CO)[C@@H](O)[C@H](O[C@@H]7OC[C@@H](O)C(O)[C@H]7O)[C@H]6O[C@@H]6O[C@H](CO)[C@@H](O)[C@H](O)[C@H]6O)[C@H](O)[C@H]5O)CC[C@]4(C)[C@H]3CC[C@@]21C. The number of hydrogen-bond acceptors (Lipinski definition) is 29. The summed E-state index contributed by atoms with van der Waals surface area (Å²) in [6, 6.07) is 0. The maximum absolute atomic E-state index is 13.5. The zero-order valence-electron chi connectivity index (χ0n) is 48.0. The molecule has 5 aliphatic heterocycles. The number of fused-ring (bicyclic) bond motifs is 5. The van der Waals surface area contributed by atoms with Crippen LogP contribution in [-0.2, 0) is 61.7 Å². The van der Waals surface area contributed by atoms with Gasteiger partial charge < -0.3 is 134 Å². The molecule has 29 heteroatoms. The third-order valence-electron chi connectivity index (χ3n) is 20.1. The number of allylic oxidation sites excluding steroid dienone is 1. The van der Waals surface area contributed by atoms with Crippen LogP contribution in [0.3, 0.4) is 0 Å². The Morgan fingerprint density at radius 3 is 1.80 bits per heavy atom. The van der Waals surface area contributed by atoms with Gasteiger partial charge >= 0.3 is 5.97 Å². The third kappa shape index (κ3) is 13.3. The Morgan fingerprint density at radius 1 is 0.600 bits per heavy atom. The van der Waals surface area contributed by atoms with Crippen molar-refractivity contribution in [3.63, 3.8) is 0 Å². The molecule has 0 aromatic carbocycles. The summed E-state index contributed by atoms with van der Waals surface area (Å²) in [5.41, 5.74) is 0.422. The van der Waals surface area contributed by atoms with Crippen molar-refractivity contribution in [2.75, 3.05) is 39.6 Å². The molecule has 0 bridgehead atoms. The van der Waals surface area contributed by atoms with Gasteiger partial charge in [0.1, 0.15) is 128 Å². The van der Waals surface area contributed by atoms with Gasteiger partial charge in [0.25, 0.3) is 0 Å². The molecule has 8 fully saturated rings.